The third-order valence-electron chi connectivity index (χ3n) is 5.10. The highest BCUT2D eigenvalue weighted by molar-refractivity contribution is 6.30. The van der Waals surface area contributed by atoms with Gasteiger partial charge in [0.2, 0.25) is 5.89 Å². The number of benzene rings is 2. The van der Waals surface area contributed by atoms with E-state index in [9.17, 15) is 4.79 Å². The molecule has 4 aromatic rings. The molecule has 0 spiro atoms. The Labute approximate surface area is 201 Å². The molecule has 10 heteroatoms. The van der Waals surface area contributed by atoms with Crippen LogP contribution in [0.1, 0.15) is 34.6 Å². The third kappa shape index (κ3) is 4.74. The SMILES string of the molecule is CCOc1ccc(-c2nc(COC(=O)c3nnn(-c4ccc(Cl)cc4)c3C)c(C)o2)cc1OC. The van der Waals surface area contributed by atoms with Crippen LogP contribution in [0.3, 0.4) is 0 Å². The molecule has 34 heavy (non-hydrogen) atoms. The van der Waals surface area contributed by atoms with Crippen molar-refractivity contribution in [2.45, 2.75) is 27.4 Å². The number of esters is 1. The topological polar surface area (TPSA) is 102 Å². The number of carbonyl (C=O) groups is 1. The van der Waals surface area contributed by atoms with Crippen molar-refractivity contribution in [1.82, 2.24) is 20.0 Å². The van der Waals surface area contributed by atoms with Gasteiger partial charge in [-0.05, 0) is 63.2 Å². The van der Waals surface area contributed by atoms with Crippen molar-refractivity contribution in [3.8, 4) is 28.6 Å². The highest BCUT2D eigenvalue weighted by atomic mass is 35.5. The van der Waals surface area contributed by atoms with Crippen molar-refractivity contribution in [3.63, 3.8) is 0 Å². The number of rotatable bonds is 8. The van der Waals surface area contributed by atoms with E-state index in [1.807, 2.05) is 13.0 Å². The molecule has 2 aromatic heterocycles. The fourth-order valence-corrected chi connectivity index (χ4v) is 3.43. The van der Waals surface area contributed by atoms with Gasteiger partial charge in [-0.3, -0.25) is 0 Å². The molecule has 2 heterocycles. The molecule has 0 saturated heterocycles. The molecule has 0 aliphatic rings. The second-order valence-electron chi connectivity index (χ2n) is 7.31. The van der Waals surface area contributed by atoms with Gasteiger partial charge in [-0.2, -0.15) is 0 Å². The molecule has 0 fully saturated rings. The number of ether oxygens (including phenoxy) is 3. The maximum Gasteiger partial charge on any atom is 0.361 e. The number of methoxy groups -OCH3 is 1. The molecule has 9 nitrogen and oxygen atoms in total. The van der Waals surface area contributed by atoms with Crippen LogP contribution in [0.5, 0.6) is 11.5 Å². The Bertz CT molecular complexity index is 1310. The first kappa shape index (κ1) is 23.3. The van der Waals surface area contributed by atoms with Crippen LogP contribution in [0.15, 0.2) is 46.9 Å². The van der Waals surface area contributed by atoms with Gasteiger partial charge in [0.15, 0.2) is 17.2 Å². The molecule has 0 N–H and O–H groups in total. The van der Waals surface area contributed by atoms with E-state index in [-0.39, 0.29) is 12.3 Å². The molecule has 0 saturated carbocycles. The van der Waals surface area contributed by atoms with E-state index in [4.69, 9.17) is 30.2 Å². The number of oxazole rings is 1. The monoisotopic (exact) mass is 482 g/mol. The molecular formula is C24H23ClN4O5. The molecule has 0 radical (unpaired) electrons. The van der Waals surface area contributed by atoms with Gasteiger partial charge in [0.05, 0.1) is 25.1 Å². The molecule has 2 aromatic carbocycles. The van der Waals surface area contributed by atoms with Crippen molar-refractivity contribution < 1.29 is 23.4 Å². The number of hydrogen-bond acceptors (Lipinski definition) is 8. The van der Waals surface area contributed by atoms with E-state index in [1.165, 1.54) is 0 Å². The van der Waals surface area contributed by atoms with Gasteiger partial charge in [0.25, 0.3) is 0 Å². The van der Waals surface area contributed by atoms with Crippen LogP contribution in [-0.2, 0) is 11.3 Å². The summed E-state index contributed by atoms with van der Waals surface area (Å²) in [6, 6.07) is 12.5. The average molecular weight is 483 g/mol. The summed E-state index contributed by atoms with van der Waals surface area (Å²) >= 11 is 5.94. The number of aryl methyl sites for hydroxylation is 1. The maximum absolute atomic E-state index is 12.7. The van der Waals surface area contributed by atoms with E-state index in [1.54, 1.807) is 62.0 Å². The van der Waals surface area contributed by atoms with E-state index < -0.39 is 5.97 Å². The van der Waals surface area contributed by atoms with Gasteiger partial charge >= 0.3 is 5.97 Å². The van der Waals surface area contributed by atoms with Gasteiger partial charge in [-0.1, -0.05) is 16.8 Å². The summed E-state index contributed by atoms with van der Waals surface area (Å²) in [6.45, 7) is 5.85. The summed E-state index contributed by atoms with van der Waals surface area (Å²) < 4.78 is 23.7. The molecule has 0 bridgehead atoms. The summed E-state index contributed by atoms with van der Waals surface area (Å²) in [5.41, 5.74) is 2.61. The Kier molecular flexibility index (Phi) is 6.83. The maximum atomic E-state index is 12.7. The lowest BCUT2D eigenvalue weighted by Gasteiger charge is -2.09. The smallest absolute Gasteiger partial charge is 0.361 e. The summed E-state index contributed by atoms with van der Waals surface area (Å²) in [6.07, 6.45) is 0. The molecule has 0 aliphatic carbocycles. The first-order valence-corrected chi connectivity index (χ1v) is 10.9. The van der Waals surface area contributed by atoms with Crippen molar-refractivity contribution >= 4 is 17.6 Å². The zero-order valence-corrected chi connectivity index (χ0v) is 19.9. The van der Waals surface area contributed by atoms with Crippen LogP contribution < -0.4 is 9.47 Å². The quantitative estimate of drug-likeness (QED) is 0.325. The lowest BCUT2D eigenvalue weighted by molar-refractivity contribution is 0.0459. The highest BCUT2D eigenvalue weighted by Gasteiger charge is 2.21. The second kappa shape index (κ2) is 9.96. The molecule has 0 aliphatic heterocycles. The Morgan fingerprint density at radius 3 is 2.59 bits per heavy atom. The van der Waals surface area contributed by atoms with Crippen molar-refractivity contribution in [1.29, 1.82) is 0 Å². The van der Waals surface area contributed by atoms with Crippen LogP contribution >= 0.6 is 11.6 Å². The largest absolute Gasteiger partial charge is 0.493 e. The average Bonchev–Trinajstić information content (AvgIpc) is 3.41. The van der Waals surface area contributed by atoms with E-state index >= 15 is 0 Å². The molecular weight excluding hydrogens is 460 g/mol. The summed E-state index contributed by atoms with van der Waals surface area (Å²) in [7, 11) is 1.57. The summed E-state index contributed by atoms with van der Waals surface area (Å²) in [5.74, 6) is 1.52. The number of halogens is 1. The zero-order chi connectivity index (χ0) is 24.2. The molecule has 0 unspecified atom stereocenters. The van der Waals surface area contributed by atoms with Gasteiger partial charge < -0.3 is 18.6 Å². The highest BCUT2D eigenvalue weighted by Crippen LogP contribution is 2.33. The second-order valence-corrected chi connectivity index (χ2v) is 7.74. The Morgan fingerprint density at radius 1 is 1.12 bits per heavy atom. The number of hydrogen-bond donors (Lipinski definition) is 0. The molecule has 0 atom stereocenters. The first-order chi connectivity index (χ1) is 16.4. The van der Waals surface area contributed by atoms with Crippen molar-refractivity contribution in [3.05, 3.63) is 70.3 Å². The van der Waals surface area contributed by atoms with Crippen molar-refractivity contribution in [2.24, 2.45) is 0 Å². The van der Waals surface area contributed by atoms with Crippen LogP contribution in [0, 0.1) is 13.8 Å². The lowest BCUT2D eigenvalue weighted by atomic mass is 10.2. The summed E-state index contributed by atoms with van der Waals surface area (Å²) in [4.78, 5) is 17.1. The summed E-state index contributed by atoms with van der Waals surface area (Å²) in [5, 5.41) is 8.64. The van der Waals surface area contributed by atoms with Gasteiger partial charge in [-0.25, -0.2) is 14.5 Å². The van der Waals surface area contributed by atoms with Gasteiger partial charge in [0.1, 0.15) is 18.1 Å². The molecule has 176 valence electrons. The minimum absolute atomic E-state index is 0.0738. The predicted molar refractivity (Wildman–Crippen MR) is 125 cm³/mol. The predicted octanol–water partition coefficient (Wildman–Crippen LogP) is 4.96. The minimum Gasteiger partial charge on any atom is -0.493 e. The van der Waals surface area contributed by atoms with Crippen LogP contribution in [0.2, 0.25) is 5.02 Å². The van der Waals surface area contributed by atoms with Crippen LogP contribution in [-0.4, -0.2) is 39.7 Å². The fourth-order valence-electron chi connectivity index (χ4n) is 3.31. The van der Waals surface area contributed by atoms with Gasteiger partial charge in [0, 0.05) is 10.6 Å². The van der Waals surface area contributed by atoms with E-state index in [0.29, 0.717) is 51.7 Å². The number of aromatic nitrogens is 4. The first-order valence-electron chi connectivity index (χ1n) is 10.5. The van der Waals surface area contributed by atoms with Crippen LogP contribution in [0.4, 0.5) is 0 Å². The van der Waals surface area contributed by atoms with E-state index in [2.05, 4.69) is 15.3 Å². The Balaban J connectivity index is 1.48. The third-order valence-corrected chi connectivity index (χ3v) is 5.35. The molecule has 4 rings (SSSR count). The van der Waals surface area contributed by atoms with Gasteiger partial charge in [-0.15, -0.1) is 5.10 Å². The molecule has 0 amide bonds. The number of carbonyl (C=O) groups excluding carboxylic acids is 1. The normalized spacial score (nSPS) is 10.9. The standard InChI is InChI=1S/C24H23ClN4O5/c1-5-32-20-11-6-16(12-21(20)31-4)23-26-19(15(3)34-23)13-33-24(30)22-14(2)29(28-27-22)18-9-7-17(25)8-10-18/h6-12H,5,13H2,1-4H3. The Hall–Kier alpha value is -3.85. The Morgan fingerprint density at radius 2 is 1.88 bits per heavy atom. The minimum atomic E-state index is -0.607. The van der Waals surface area contributed by atoms with E-state index in [0.717, 1.165) is 5.69 Å². The fraction of sp³-hybridized carbons (Fsp3) is 0.250. The van der Waals surface area contributed by atoms with Crippen LogP contribution in [0.25, 0.3) is 17.1 Å². The van der Waals surface area contributed by atoms with Crippen molar-refractivity contribution in [2.75, 3.05) is 13.7 Å². The zero-order valence-electron chi connectivity index (χ0n) is 19.2. The number of nitrogens with zero attached hydrogens (tertiary/aromatic N) is 4. The lowest BCUT2D eigenvalue weighted by Crippen LogP contribution is -2.09.